The third-order valence-corrected chi connectivity index (χ3v) is 7.72. The van der Waals surface area contributed by atoms with Crippen LogP contribution in [0.1, 0.15) is 65.7 Å². The number of carboxylic acid groups (broad SMARTS) is 1. The third kappa shape index (κ3) is 2.45. The van der Waals surface area contributed by atoms with Gasteiger partial charge in [0.2, 0.25) is 0 Å². The van der Waals surface area contributed by atoms with Gasteiger partial charge in [-0.2, -0.15) is 0 Å². The summed E-state index contributed by atoms with van der Waals surface area (Å²) < 4.78 is 0. The zero-order valence-corrected chi connectivity index (χ0v) is 14.5. The fourth-order valence-electron chi connectivity index (χ4n) is 6.47. The van der Waals surface area contributed by atoms with Gasteiger partial charge in [0, 0.05) is 18.3 Å². The first-order chi connectivity index (χ1) is 10.7. The summed E-state index contributed by atoms with van der Waals surface area (Å²) >= 11 is 0. The van der Waals surface area contributed by atoms with Gasteiger partial charge in [0.05, 0.1) is 6.10 Å². The van der Waals surface area contributed by atoms with Crippen molar-refractivity contribution >= 4 is 11.8 Å². The van der Waals surface area contributed by atoms with Crippen molar-refractivity contribution in [3.8, 4) is 0 Å². The monoisotopic (exact) mass is 322 g/mol. The minimum absolute atomic E-state index is 0.0192. The van der Waals surface area contributed by atoms with Crippen LogP contribution in [0.2, 0.25) is 0 Å². The van der Waals surface area contributed by atoms with Gasteiger partial charge in [-0.25, -0.2) is 0 Å². The molecule has 3 unspecified atom stereocenters. The smallest absolute Gasteiger partial charge is 0.303 e. The quantitative estimate of drug-likeness (QED) is 0.836. The highest BCUT2D eigenvalue weighted by Gasteiger charge is 2.61. The molecule has 0 aromatic rings. The average molecular weight is 322 g/mol. The van der Waals surface area contributed by atoms with E-state index in [9.17, 15) is 14.7 Å². The van der Waals surface area contributed by atoms with Crippen LogP contribution in [0.4, 0.5) is 0 Å². The summed E-state index contributed by atoms with van der Waals surface area (Å²) in [4.78, 5) is 23.7. The molecule has 3 fully saturated rings. The Morgan fingerprint density at radius 3 is 2.65 bits per heavy atom. The van der Waals surface area contributed by atoms with Crippen LogP contribution in [-0.2, 0) is 9.59 Å². The molecule has 130 valence electrons. The molecular weight excluding hydrogens is 292 g/mol. The molecule has 0 bridgehead atoms. The zero-order valence-electron chi connectivity index (χ0n) is 14.5. The first-order valence-corrected chi connectivity index (χ1v) is 9.13. The van der Waals surface area contributed by atoms with Crippen LogP contribution in [0.5, 0.6) is 0 Å². The summed E-state index contributed by atoms with van der Waals surface area (Å²) in [5.41, 5.74) is -0.509. The summed E-state index contributed by atoms with van der Waals surface area (Å²) in [6.07, 6.45) is 4.57. The van der Waals surface area contributed by atoms with Gasteiger partial charge in [0.15, 0.2) is 0 Å². The van der Waals surface area contributed by atoms with Gasteiger partial charge in [-0.05, 0) is 61.2 Å². The summed E-state index contributed by atoms with van der Waals surface area (Å²) in [5, 5.41) is 19.6. The highest BCUT2D eigenvalue weighted by Crippen LogP contribution is 2.64. The normalized spacial score (nSPS) is 49.6. The number of hydrogen-bond acceptors (Lipinski definition) is 3. The molecule has 0 aromatic heterocycles. The maximum atomic E-state index is 12.7. The van der Waals surface area contributed by atoms with E-state index in [1.165, 1.54) is 0 Å². The van der Waals surface area contributed by atoms with Crippen LogP contribution in [0, 0.1) is 34.5 Å². The van der Waals surface area contributed by atoms with Gasteiger partial charge in [0.25, 0.3) is 0 Å². The predicted octanol–water partition coefficient (Wildman–Crippen LogP) is 3.27. The van der Waals surface area contributed by atoms with Crippen LogP contribution in [-0.4, -0.2) is 28.1 Å². The Bertz CT molecular complexity index is 515. The number of aliphatic carboxylic acids is 1. The number of carboxylic acids is 1. The lowest BCUT2D eigenvalue weighted by molar-refractivity contribution is -0.150. The number of fused-ring (bicyclic) bond motifs is 3. The minimum atomic E-state index is -0.813. The first-order valence-electron chi connectivity index (χ1n) is 9.13. The molecule has 2 N–H and O–H groups in total. The van der Waals surface area contributed by atoms with Crippen molar-refractivity contribution in [2.24, 2.45) is 34.5 Å². The van der Waals surface area contributed by atoms with Gasteiger partial charge in [-0.15, -0.1) is 0 Å². The van der Waals surface area contributed by atoms with Crippen LogP contribution in [0.15, 0.2) is 0 Å². The molecule has 3 rings (SSSR count). The number of hydrogen-bond donors (Lipinski definition) is 2. The Balaban J connectivity index is 1.90. The largest absolute Gasteiger partial charge is 0.481 e. The maximum Gasteiger partial charge on any atom is 0.303 e. The van der Waals surface area contributed by atoms with E-state index in [1.807, 2.05) is 6.92 Å². The number of Topliss-reactive ketones (excluding diaryl/α,β-unsaturated/α-hetero) is 1. The molecule has 0 saturated heterocycles. The van der Waals surface area contributed by atoms with Crippen molar-refractivity contribution in [1.29, 1.82) is 0 Å². The Morgan fingerprint density at radius 2 is 2.00 bits per heavy atom. The van der Waals surface area contributed by atoms with Gasteiger partial charge >= 0.3 is 5.97 Å². The molecule has 4 nitrogen and oxygen atoms in total. The lowest BCUT2D eigenvalue weighted by atomic mass is 9.48. The number of ketones is 1. The van der Waals surface area contributed by atoms with Crippen molar-refractivity contribution in [2.75, 3.05) is 0 Å². The molecule has 3 saturated carbocycles. The van der Waals surface area contributed by atoms with Gasteiger partial charge < -0.3 is 10.2 Å². The van der Waals surface area contributed by atoms with Gasteiger partial charge in [-0.3, -0.25) is 9.59 Å². The Hall–Kier alpha value is -0.900. The summed E-state index contributed by atoms with van der Waals surface area (Å²) in [6, 6.07) is 0. The van der Waals surface area contributed by atoms with Crippen molar-refractivity contribution in [3.05, 3.63) is 0 Å². The molecule has 4 heteroatoms. The zero-order chi connectivity index (χ0) is 17.0. The van der Waals surface area contributed by atoms with Crippen molar-refractivity contribution in [1.82, 2.24) is 0 Å². The number of aliphatic hydroxyl groups excluding tert-OH is 1. The highest BCUT2D eigenvalue weighted by atomic mass is 16.4. The SMILES string of the molecule is C[C@@H]1C[C@H](O)[C@@]2(C)CCC3C(CCC(=O)[C@]3(C)CCC(=O)O)C12. The number of rotatable bonds is 3. The second-order valence-electron chi connectivity index (χ2n) is 8.84. The van der Waals surface area contributed by atoms with E-state index >= 15 is 0 Å². The second-order valence-corrected chi connectivity index (χ2v) is 8.84. The second kappa shape index (κ2) is 5.58. The predicted molar refractivity (Wildman–Crippen MR) is 86.8 cm³/mol. The molecule has 0 aliphatic heterocycles. The minimum Gasteiger partial charge on any atom is -0.481 e. The van der Waals surface area contributed by atoms with Gasteiger partial charge in [0.1, 0.15) is 5.78 Å². The van der Waals surface area contributed by atoms with Crippen LogP contribution in [0.25, 0.3) is 0 Å². The molecule has 0 spiro atoms. The fraction of sp³-hybridized carbons (Fsp3) is 0.895. The van der Waals surface area contributed by atoms with E-state index in [-0.39, 0.29) is 29.6 Å². The van der Waals surface area contributed by atoms with Crippen molar-refractivity contribution in [2.45, 2.75) is 71.8 Å². The molecule has 0 radical (unpaired) electrons. The third-order valence-electron chi connectivity index (χ3n) is 7.72. The fourth-order valence-corrected chi connectivity index (χ4v) is 6.47. The van der Waals surface area contributed by atoms with Crippen LogP contribution < -0.4 is 0 Å². The number of aliphatic hydroxyl groups is 1. The van der Waals surface area contributed by atoms with E-state index in [0.29, 0.717) is 30.6 Å². The molecule has 7 atom stereocenters. The van der Waals surface area contributed by atoms with E-state index in [0.717, 1.165) is 25.7 Å². The van der Waals surface area contributed by atoms with Crippen LogP contribution in [0.3, 0.4) is 0 Å². The highest BCUT2D eigenvalue weighted by molar-refractivity contribution is 5.86. The average Bonchev–Trinajstić information content (AvgIpc) is 2.71. The first kappa shape index (κ1) is 16.9. The van der Waals surface area contributed by atoms with E-state index < -0.39 is 11.4 Å². The van der Waals surface area contributed by atoms with Crippen molar-refractivity contribution < 1.29 is 19.8 Å². The summed E-state index contributed by atoms with van der Waals surface area (Å²) in [6.45, 7) is 6.48. The molecule has 3 aliphatic rings. The molecule has 0 aromatic carbocycles. The molecule has 23 heavy (non-hydrogen) atoms. The lowest BCUT2D eigenvalue weighted by Crippen LogP contribution is -2.53. The molecule has 0 amide bonds. The molecule has 0 heterocycles. The number of carbonyl (C=O) groups is 2. The Morgan fingerprint density at radius 1 is 1.30 bits per heavy atom. The van der Waals surface area contributed by atoms with Gasteiger partial charge in [-0.1, -0.05) is 20.8 Å². The van der Waals surface area contributed by atoms with E-state index in [1.54, 1.807) is 0 Å². The van der Waals surface area contributed by atoms with Crippen molar-refractivity contribution in [3.63, 3.8) is 0 Å². The number of carbonyl (C=O) groups excluding carboxylic acids is 1. The van der Waals surface area contributed by atoms with E-state index in [2.05, 4.69) is 13.8 Å². The summed E-state index contributed by atoms with van der Waals surface area (Å²) in [7, 11) is 0. The standard InChI is InChI=1S/C19H30O4/c1-11-10-15(21)19(3)8-6-13-12(17(11)19)4-5-14(20)18(13,2)9-7-16(22)23/h11-13,15,17,21H,4-10H2,1-3H3,(H,22,23)/t11-,12?,13?,15+,17?,18-,19-/m1/s1. The Labute approximate surface area is 138 Å². The van der Waals surface area contributed by atoms with Crippen LogP contribution >= 0.6 is 0 Å². The summed E-state index contributed by atoms with van der Waals surface area (Å²) in [5.74, 6) is 1.14. The topological polar surface area (TPSA) is 74.6 Å². The molecule has 3 aliphatic carbocycles. The maximum absolute atomic E-state index is 12.7. The Kier molecular flexibility index (Phi) is 4.11. The van der Waals surface area contributed by atoms with E-state index in [4.69, 9.17) is 5.11 Å². The lowest BCUT2D eigenvalue weighted by Gasteiger charge is -2.56. The molecular formula is C19H30O4.